The molecule has 0 radical (unpaired) electrons. The molecule has 134 valence electrons. The van der Waals surface area contributed by atoms with Crippen LogP contribution in [-0.4, -0.2) is 10.2 Å². The minimum Gasteiger partial charge on any atom is -0.487 e. The van der Waals surface area contributed by atoms with Crippen LogP contribution in [0.2, 0.25) is 5.02 Å². The quantitative estimate of drug-likeness (QED) is 0.392. The lowest BCUT2D eigenvalue weighted by Crippen LogP contribution is -1.97. The number of benzene rings is 3. The third-order valence-corrected chi connectivity index (χ3v) is 4.84. The molecule has 0 saturated carbocycles. The van der Waals surface area contributed by atoms with E-state index in [1.54, 1.807) is 6.20 Å². The van der Waals surface area contributed by atoms with Gasteiger partial charge in [0.2, 0.25) is 0 Å². The van der Waals surface area contributed by atoms with Crippen molar-refractivity contribution in [3.63, 3.8) is 0 Å². The summed E-state index contributed by atoms with van der Waals surface area (Å²) < 4.78 is 6.81. The maximum Gasteiger partial charge on any atom is 0.138 e. The zero-order chi connectivity index (χ0) is 18.6. The molecule has 0 saturated heterocycles. The van der Waals surface area contributed by atoms with Crippen LogP contribution in [0.4, 0.5) is 11.4 Å². The summed E-state index contributed by atoms with van der Waals surface area (Å²) in [5, 5.41) is 13.1. The van der Waals surface area contributed by atoms with Gasteiger partial charge in [-0.1, -0.05) is 57.9 Å². The average molecular weight is 441 g/mol. The summed E-state index contributed by atoms with van der Waals surface area (Å²) in [4.78, 5) is 0. The third kappa shape index (κ3) is 4.21. The van der Waals surface area contributed by atoms with Gasteiger partial charge < -0.3 is 10.1 Å². The molecule has 0 unspecified atom stereocenters. The van der Waals surface area contributed by atoms with E-state index in [2.05, 4.69) is 31.4 Å². The van der Waals surface area contributed by atoms with Crippen LogP contribution in [0.1, 0.15) is 5.56 Å². The average Bonchev–Trinajstić information content (AvgIpc) is 2.69. The number of rotatable bonds is 5. The Labute approximate surface area is 170 Å². The van der Waals surface area contributed by atoms with Crippen LogP contribution in [0, 0.1) is 0 Å². The molecule has 3 aromatic carbocycles. The smallest absolute Gasteiger partial charge is 0.138 e. The van der Waals surface area contributed by atoms with Gasteiger partial charge in [-0.25, -0.2) is 0 Å². The lowest BCUT2D eigenvalue weighted by molar-refractivity contribution is 0.306. The number of ether oxygens (including phenoxy) is 1. The molecular weight excluding hydrogens is 426 g/mol. The van der Waals surface area contributed by atoms with Crippen LogP contribution in [-0.2, 0) is 6.61 Å². The largest absolute Gasteiger partial charge is 0.487 e. The van der Waals surface area contributed by atoms with Gasteiger partial charge in [-0.05, 0) is 42.0 Å². The Kier molecular flexibility index (Phi) is 5.23. The predicted octanol–water partition coefficient (Wildman–Crippen LogP) is 6.37. The van der Waals surface area contributed by atoms with Crippen molar-refractivity contribution < 1.29 is 4.74 Å². The zero-order valence-electron chi connectivity index (χ0n) is 14.2. The molecule has 6 heteroatoms. The Morgan fingerprint density at radius 2 is 1.85 bits per heavy atom. The molecule has 4 aromatic rings. The van der Waals surface area contributed by atoms with Crippen LogP contribution in [0.15, 0.2) is 77.4 Å². The van der Waals surface area contributed by atoms with E-state index in [0.717, 1.165) is 32.3 Å². The fourth-order valence-corrected chi connectivity index (χ4v) is 3.31. The van der Waals surface area contributed by atoms with Crippen LogP contribution in [0.5, 0.6) is 5.75 Å². The molecule has 0 aliphatic heterocycles. The molecule has 0 spiro atoms. The van der Waals surface area contributed by atoms with Crippen molar-refractivity contribution in [3.8, 4) is 5.75 Å². The van der Waals surface area contributed by atoms with Gasteiger partial charge in [0, 0.05) is 15.5 Å². The van der Waals surface area contributed by atoms with Crippen LogP contribution < -0.4 is 10.1 Å². The van der Waals surface area contributed by atoms with Gasteiger partial charge in [-0.3, -0.25) is 0 Å². The highest BCUT2D eigenvalue weighted by atomic mass is 79.9. The molecule has 0 amide bonds. The number of fused-ring (bicyclic) bond motifs is 1. The van der Waals surface area contributed by atoms with Gasteiger partial charge in [0.25, 0.3) is 0 Å². The molecule has 0 bridgehead atoms. The van der Waals surface area contributed by atoms with Gasteiger partial charge in [-0.15, -0.1) is 0 Å². The Hall–Kier alpha value is -2.63. The topological polar surface area (TPSA) is 47.0 Å². The second kappa shape index (κ2) is 7.94. The first-order valence-electron chi connectivity index (χ1n) is 8.33. The Balaban J connectivity index is 1.54. The first kappa shape index (κ1) is 17.8. The summed E-state index contributed by atoms with van der Waals surface area (Å²) in [6.45, 7) is 0.472. The molecule has 1 aromatic heterocycles. The van der Waals surface area contributed by atoms with Crippen LogP contribution >= 0.6 is 27.5 Å². The fraction of sp³-hybridized carbons (Fsp3) is 0.0476. The first-order chi connectivity index (χ1) is 13.2. The lowest BCUT2D eigenvalue weighted by atomic mass is 10.2. The third-order valence-electron chi connectivity index (χ3n) is 4.05. The second-order valence-electron chi connectivity index (χ2n) is 5.96. The van der Waals surface area contributed by atoms with Crippen molar-refractivity contribution in [2.45, 2.75) is 6.61 Å². The number of anilines is 2. The van der Waals surface area contributed by atoms with Crippen LogP contribution in [0.3, 0.4) is 0 Å². The van der Waals surface area contributed by atoms with Gasteiger partial charge >= 0.3 is 0 Å². The van der Waals surface area contributed by atoms with E-state index in [4.69, 9.17) is 16.3 Å². The second-order valence-corrected chi connectivity index (χ2v) is 7.29. The standard InChI is InChI=1S/C21H15BrClN3O/c22-15-6-8-19-17(10-15)20(12-24-26-19)25-16-7-9-21(18(23)11-16)27-13-14-4-2-1-3-5-14/h1-12H,13H2,(H,25,26). The van der Waals surface area contributed by atoms with Crippen molar-refractivity contribution in [1.82, 2.24) is 10.2 Å². The molecule has 0 aliphatic rings. The molecule has 27 heavy (non-hydrogen) atoms. The van der Waals surface area contributed by atoms with E-state index in [0.29, 0.717) is 17.4 Å². The number of hydrogen-bond acceptors (Lipinski definition) is 4. The maximum atomic E-state index is 6.40. The van der Waals surface area contributed by atoms with Crippen LogP contribution in [0.25, 0.3) is 10.9 Å². The number of aromatic nitrogens is 2. The predicted molar refractivity (Wildman–Crippen MR) is 113 cm³/mol. The SMILES string of the molecule is Clc1cc(Nc2cnnc3ccc(Br)cc23)ccc1OCc1ccccc1. The molecule has 0 aliphatic carbocycles. The van der Waals surface area contributed by atoms with E-state index in [1.165, 1.54) is 0 Å². The Bertz CT molecular complexity index is 1090. The van der Waals surface area contributed by atoms with Crippen molar-refractivity contribution in [2.75, 3.05) is 5.32 Å². The summed E-state index contributed by atoms with van der Waals surface area (Å²) >= 11 is 9.90. The summed E-state index contributed by atoms with van der Waals surface area (Å²) in [5.74, 6) is 0.645. The van der Waals surface area contributed by atoms with E-state index >= 15 is 0 Å². The summed E-state index contributed by atoms with van der Waals surface area (Å²) in [7, 11) is 0. The molecule has 4 rings (SSSR count). The maximum absolute atomic E-state index is 6.40. The lowest BCUT2D eigenvalue weighted by Gasteiger charge is -2.12. The normalized spacial score (nSPS) is 10.7. The molecule has 0 atom stereocenters. The van der Waals surface area contributed by atoms with Crippen molar-refractivity contribution in [1.29, 1.82) is 0 Å². The van der Waals surface area contributed by atoms with E-state index in [1.807, 2.05) is 66.7 Å². The van der Waals surface area contributed by atoms with Crippen molar-refractivity contribution in [2.24, 2.45) is 0 Å². The number of hydrogen-bond donors (Lipinski definition) is 1. The van der Waals surface area contributed by atoms with Crippen molar-refractivity contribution in [3.05, 3.63) is 88.0 Å². The van der Waals surface area contributed by atoms with E-state index in [-0.39, 0.29) is 0 Å². The summed E-state index contributed by atoms with van der Waals surface area (Å²) in [6.07, 6.45) is 1.70. The molecule has 0 fully saturated rings. The molecule has 1 heterocycles. The number of nitrogens with one attached hydrogen (secondary N) is 1. The van der Waals surface area contributed by atoms with Gasteiger partial charge in [0.1, 0.15) is 12.4 Å². The highest BCUT2D eigenvalue weighted by Gasteiger charge is 2.07. The molecular formula is C21H15BrClN3O. The number of halogens is 2. The monoisotopic (exact) mass is 439 g/mol. The first-order valence-corrected chi connectivity index (χ1v) is 9.50. The summed E-state index contributed by atoms with van der Waals surface area (Å²) in [6, 6.07) is 21.5. The molecule has 4 nitrogen and oxygen atoms in total. The fourth-order valence-electron chi connectivity index (χ4n) is 2.72. The van der Waals surface area contributed by atoms with Gasteiger partial charge in [-0.2, -0.15) is 10.2 Å². The van der Waals surface area contributed by atoms with Crippen molar-refractivity contribution >= 4 is 49.8 Å². The highest BCUT2D eigenvalue weighted by molar-refractivity contribution is 9.10. The minimum atomic E-state index is 0.472. The van der Waals surface area contributed by atoms with Gasteiger partial charge in [0.05, 0.1) is 22.4 Å². The Morgan fingerprint density at radius 3 is 2.67 bits per heavy atom. The van der Waals surface area contributed by atoms with Gasteiger partial charge in [0.15, 0.2) is 0 Å². The van der Waals surface area contributed by atoms with E-state index < -0.39 is 0 Å². The number of nitrogens with zero attached hydrogens (tertiary/aromatic N) is 2. The minimum absolute atomic E-state index is 0.472. The molecule has 1 N–H and O–H groups in total. The highest BCUT2D eigenvalue weighted by Crippen LogP contribution is 2.32. The summed E-state index contributed by atoms with van der Waals surface area (Å²) in [5.41, 5.74) is 3.62. The zero-order valence-corrected chi connectivity index (χ0v) is 16.5. The Morgan fingerprint density at radius 1 is 1.00 bits per heavy atom. The van der Waals surface area contributed by atoms with E-state index in [9.17, 15) is 0 Å².